The quantitative estimate of drug-likeness (QED) is 0.553. The lowest BCUT2D eigenvalue weighted by Crippen LogP contribution is -2.56. The molecule has 10 nitrogen and oxygen atoms in total. The van der Waals surface area contributed by atoms with Gasteiger partial charge in [-0.05, 0) is 55.2 Å². The summed E-state index contributed by atoms with van der Waals surface area (Å²) in [4.78, 5) is 58.7. The number of benzene rings is 2. The minimum absolute atomic E-state index is 0.0705. The molecule has 12 heteroatoms. The van der Waals surface area contributed by atoms with Gasteiger partial charge >= 0.3 is 18.0 Å². The monoisotopic (exact) mass is 569 g/mol. The predicted octanol–water partition coefficient (Wildman–Crippen LogP) is 4.16. The number of hydrogen-bond acceptors (Lipinski definition) is 5. The van der Waals surface area contributed by atoms with E-state index in [2.05, 4.69) is 6.07 Å². The van der Waals surface area contributed by atoms with Crippen molar-refractivity contribution in [2.45, 2.75) is 36.8 Å². The Morgan fingerprint density at radius 2 is 1.74 bits per heavy atom. The molecule has 0 saturated carbocycles. The van der Waals surface area contributed by atoms with E-state index in [1.165, 1.54) is 39.9 Å². The molecule has 3 fully saturated rings. The Morgan fingerprint density at radius 1 is 1.08 bits per heavy atom. The number of carbonyl (C=O) groups excluding carboxylic acids is 3. The molecule has 3 saturated heterocycles. The Labute approximate surface area is 234 Å². The van der Waals surface area contributed by atoms with Crippen LogP contribution in [0.15, 0.2) is 42.5 Å². The second kappa shape index (κ2) is 10.1. The van der Waals surface area contributed by atoms with Gasteiger partial charge in [-0.15, -0.1) is 0 Å². The Hall–Kier alpha value is -3.81. The molecule has 5 amide bonds. The van der Waals surface area contributed by atoms with Crippen LogP contribution in [0.1, 0.15) is 36.3 Å². The number of likely N-dealkylation sites (N-methyl/N-ethyl adjacent to an activating group) is 1. The summed E-state index contributed by atoms with van der Waals surface area (Å²) in [7, 11) is 1.51. The molecule has 1 N–H and O–H groups in total. The zero-order valence-corrected chi connectivity index (χ0v) is 22.5. The van der Waals surface area contributed by atoms with Crippen molar-refractivity contribution >= 4 is 52.8 Å². The van der Waals surface area contributed by atoms with Crippen LogP contribution in [0.2, 0.25) is 10.0 Å². The van der Waals surface area contributed by atoms with Gasteiger partial charge in [-0.3, -0.25) is 4.79 Å². The van der Waals surface area contributed by atoms with Gasteiger partial charge in [-0.25, -0.2) is 19.3 Å². The number of hydrogen-bond donors (Lipinski definition) is 1. The molecular weight excluding hydrogens is 545 g/mol. The molecule has 2 aromatic carbocycles. The highest BCUT2D eigenvalue weighted by Gasteiger charge is 2.65. The molecule has 3 aliphatic heterocycles. The summed E-state index contributed by atoms with van der Waals surface area (Å²) in [5, 5.41) is 19.5. The second-order valence-corrected chi connectivity index (χ2v) is 10.9. The van der Waals surface area contributed by atoms with Gasteiger partial charge in [0, 0.05) is 36.1 Å². The molecule has 3 heterocycles. The number of urea groups is 2. The van der Waals surface area contributed by atoms with Gasteiger partial charge in [-0.2, -0.15) is 5.26 Å². The first-order valence-electron chi connectivity index (χ1n) is 12.5. The SMILES string of the molecule is CN1C(=O)N(c2cc(Cl)cc(Cl)c2)C(=O)C12CN(C(=O)N1CCCCC1C(=O)O)CC2c1ccc(C#N)cc1. The van der Waals surface area contributed by atoms with E-state index in [9.17, 15) is 29.5 Å². The van der Waals surface area contributed by atoms with Crippen LogP contribution in [0.5, 0.6) is 0 Å². The van der Waals surface area contributed by atoms with Gasteiger partial charge in [0.2, 0.25) is 0 Å². The largest absolute Gasteiger partial charge is 0.480 e. The lowest BCUT2D eigenvalue weighted by atomic mass is 9.80. The molecule has 5 rings (SSSR count). The standard InChI is InChI=1S/C27H25Cl2N5O5/c1-31-25(38)34(20-11-18(28)10-19(29)12-20)24(37)27(31)15-32(14-21(27)17-7-5-16(13-30)6-8-17)26(39)33-9-3-2-4-22(33)23(35)36/h5-8,10-12,21-22H,2-4,9,14-15H2,1H3,(H,35,36). The molecule has 39 heavy (non-hydrogen) atoms. The van der Waals surface area contributed by atoms with Crippen molar-refractivity contribution in [2.24, 2.45) is 0 Å². The summed E-state index contributed by atoms with van der Waals surface area (Å²) >= 11 is 12.3. The topological polar surface area (TPSA) is 125 Å². The summed E-state index contributed by atoms with van der Waals surface area (Å²) in [6.45, 7) is 0.225. The number of carboxylic acid groups (broad SMARTS) is 1. The van der Waals surface area contributed by atoms with Gasteiger partial charge < -0.3 is 19.8 Å². The maximum Gasteiger partial charge on any atom is 0.332 e. The fourth-order valence-corrected chi connectivity index (χ4v) is 6.46. The lowest BCUT2D eigenvalue weighted by Gasteiger charge is -2.36. The number of rotatable bonds is 3. The summed E-state index contributed by atoms with van der Waals surface area (Å²) < 4.78 is 0. The van der Waals surface area contributed by atoms with Crippen LogP contribution in [-0.2, 0) is 9.59 Å². The fraction of sp³-hybridized carbons (Fsp3) is 0.370. The maximum atomic E-state index is 14.3. The number of halogens is 2. The van der Waals surface area contributed by atoms with E-state index < -0.39 is 41.4 Å². The van der Waals surface area contributed by atoms with E-state index in [0.717, 1.165) is 4.90 Å². The highest BCUT2D eigenvalue weighted by atomic mass is 35.5. The van der Waals surface area contributed by atoms with Crippen molar-refractivity contribution in [3.63, 3.8) is 0 Å². The van der Waals surface area contributed by atoms with Crippen LogP contribution in [0.25, 0.3) is 0 Å². The summed E-state index contributed by atoms with van der Waals surface area (Å²) in [5.74, 6) is -2.27. The van der Waals surface area contributed by atoms with Gasteiger partial charge in [0.15, 0.2) is 0 Å². The number of imide groups is 1. The normalized spacial score (nSPS) is 25.0. The first-order valence-corrected chi connectivity index (χ1v) is 13.2. The molecule has 0 radical (unpaired) electrons. The molecule has 1 spiro atoms. The molecule has 0 aromatic heterocycles. The van der Waals surface area contributed by atoms with Gasteiger partial charge in [0.25, 0.3) is 5.91 Å². The molecular formula is C27H25Cl2N5O5. The van der Waals surface area contributed by atoms with Crippen LogP contribution in [-0.4, -0.2) is 82.0 Å². The van der Waals surface area contributed by atoms with Gasteiger partial charge in [-0.1, -0.05) is 35.3 Å². The average Bonchev–Trinajstić information content (AvgIpc) is 3.40. The lowest BCUT2D eigenvalue weighted by molar-refractivity contribution is -0.143. The zero-order chi connectivity index (χ0) is 28.1. The first kappa shape index (κ1) is 26.8. The van der Waals surface area contributed by atoms with E-state index in [0.29, 0.717) is 30.4 Å². The van der Waals surface area contributed by atoms with E-state index >= 15 is 0 Å². The molecule has 3 atom stereocenters. The summed E-state index contributed by atoms with van der Waals surface area (Å²) in [6, 6.07) is 11.1. The smallest absolute Gasteiger partial charge is 0.332 e. The van der Waals surface area contributed by atoms with Crippen molar-refractivity contribution < 1.29 is 24.3 Å². The Kier molecular flexibility index (Phi) is 6.91. The number of nitrogens with zero attached hydrogens (tertiary/aromatic N) is 5. The number of aliphatic carboxylic acids is 1. The number of nitriles is 1. The number of piperidine rings is 1. The minimum Gasteiger partial charge on any atom is -0.480 e. The van der Waals surface area contributed by atoms with Crippen LogP contribution in [0, 0.1) is 11.3 Å². The zero-order valence-electron chi connectivity index (χ0n) is 21.0. The first-order chi connectivity index (χ1) is 18.6. The number of carboxylic acids is 1. The second-order valence-electron chi connectivity index (χ2n) is 10.0. The molecule has 2 aromatic rings. The Bertz CT molecular complexity index is 1390. The summed E-state index contributed by atoms with van der Waals surface area (Å²) in [6.07, 6.45) is 1.72. The van der Waals surface area contributed by atoms with Crippen molar-refractivity contribution in [1.29, 1.82) is 5.26 Å². The average molecular weight is 570 g/mol. The Balaban J connectivity index is 1.58. The third kappa shape index (κ3) is 4.36. The fourth-order valence-electron chi connectivity index (χ4n) is 5.95. The number of likely N-dealkylation sites (tertiary alicyclic amines) is 2. The third-order valence-electron chi connectivity index (χ3n) is 7.91. The van der Waals surface area contributed by atoms with Crippen molar-refractivity contribution in [2.75, 3.05) is 31.6 Å². The van der Waals surface area contributed by atoms with Gasteiger partial charge in [0.1, 0.15) is 11.6 Å². The van der Waals surface area contributed by atoms with Crippen LogP contribution in [0.4, 0.5) is 15.3 Å². The highest BCUT2D eigenvalue weighted by Crippen LogP contribution is 2.47. The van der Waals surface area contributed by atoms with Crippen LogP contribution < -0.4 is 4.90 Å². The third-order valence-corrected chi connectivity index (χ3v) is 8.35. The van der Waals surface area contributed by atoms with E-state index in [-0.39, 0.29) is 35.4 Å². The molecule has 3 aliphatic rings. The van der Waals surface area contributed by atoms with Gasteiger partial charge in [0.05, 0.1) is 23.9 Å². The van der Waals surface area contributed by atoms with Crippen molar-refractivity contribution in [3.05, 3.63) is 63.6 Å². The minimum atomic E-state index is -1.48. The molecule has 3 unspecified atom stereocenters. The molecule has 202 valence electrons. The summed E-state index contributed by atoms with van der Waals surface area (Å²) in [5.41, 5.74) is -0.188. The van der Waals surface area contributed by atoms with E-state index in [1.807, 2.05) is 0 Å². The van der Waals surface area contributed by atoms with E-state index in [4.69, 9.17) is 23.2 Å². The molecule has 0 aliphatic carbocycles. The maximum absolute atomic E-state index is 14.3. The number of amides is 5. The number of anilines is 1. The van der Waals surface area contributed by atoms with E-state index in [1.54, 1.807) is 24.3 Å². The van der Waals surface area contributed by atoms with Crippen LogP contribution in [0.3, 0.4) is 0 Å². The van der Waals surface area contributed by atoms with Crippen LogP contribution >= 0.6 is 23.2 Å². The predicted molar refractivity (Wildman–Crippen MR) is 143 cm³/mol. The number of carbonyl (C=O) groups is 4. The van der Waals surface area contributed by atoms with Crippen molar-refractivity contribution in [3.8, 4) is 6.07 Å². The molecule has 0 bridgehead atoms. The Morgan fingerprint density at radius 3 is 2.36 bits per heavy atom. The van der Waals surface area contributed by atoms with Crippen molar-refractivity contribution in [1.82, 2.24) is 14.7 Å². The highest BCUT2D eigenvalue weighted by molar-refractivity contribution is 6.35.